The number of amides is 1. The van der Waals surface area contributed by atoms with Gasteiger partial charge in [0.15, 0.2) is 5.82 Å². The molecule has 1 unspecified atom stereocenters. The van der Waals surface area contributed by atoms with Gasteiger partial charge in [0.05, 0.1) is 11.3 Å². The van der Waals surface area contributed by atoms with Crippen LogP contribution in [0.1, 0.15) is 44.9 Å². The number of nitrogens with one attached hydrogen (secondary N) is 1. The number of aromatic nitrogens is 4. The van der Waals surface area contributed by atoms with Gasteiger partial charge in [-0.05, 0) is 38.7 Å². The minimum Gasteiger partial charge on any atom is -0.338 e. The second kappa shape index (κ2) is 4.97. The lowest BCUT2D eigenvalue weighted by molar-refractivity contribution is 0.0789. The highest BCUT2D eigenvalue weighted by Gasteiger charge is 2.32. The fourth-order valence-electron chi connectivity index (χ4n) is 2.64. The molecular formula is C13H17N5OS. The smallest absolute Gasteiger partial charge is 0.256 e. The third kappa shape index (κ3) is 2.22. The van der Waals surface area contributed by atoms with Gasteiger partial charge in [0, 0.05) is 23.9 Å². The number of likely N-dealkylation sites (tertiary alicyclic amines) is 1. The maximum Gasteiger partial charge on any atom is 0.256 e. The summed E-state index contributed by atoms with van der Waals surface area (Å²) in [5.41, 5.74) is 1.59. The Hall–Kier alpha value is -1.76. The van der Waals surface area contributed by atoms with E-state index in [0.717, 1.165) is 40.7 Å². The average Bonchev–Trinajstić information content (AvgIpc) is 3.10. The first-order valence-electron chi connectivity index (χ1n) is 6.67. The molecule has 0 aliphatic carbocycles. The van der Waals surface area contributed by atoms with Crippen LogP contribution in [0.5, 0.6) is 0 Å². The standard InChI is InChI=1S/C13H17N5OS/c1-7-11(8(2)20-17-7)13(19)18-5-4-10(6-18)12-14-9(3)15-16-12/h10H,4-6H2,1-3H3,(H,14,15,16). The van der Waals surface area contributed by atoms with Crippen molar-refractivity contribution >= 4 is 17.4 Å². The summed E-state index contributed by atoms with van der Waals surface area (Å²) in [6.07, 6.45) is 0.915. The first-order chi connectivity index (χ1) is 9.56. The number of carbonyl (C=O) groups is 1. The Balaban J connectivity index is 1.76. The molecule has 1 amide bonds. The largest absolute Gasteiger partial charge is 0.338 e. The number of H-pyrrole nitrogens is 1. The quantitative estimate of drug-likeness (QED) is 0.915. The molecule has 0 saturated carbocycles. The molecule has 3 heterocycles. The molecule has 1 aliphatic rings. The maximum atomic E-state index is 12.6. The highest BCUT2D eigenvalue weighted by Crippen LogP contribution is 2.27. The topological polar surface area (TPSA) is 74.8 Å². The third-order valence-corrected chi connectivity index (χ3v) is 4.55. The van der Waals surface area contributed by atoms with E-state index in [1.54, 1.807) is 0 Å². The predicted molar refractivity (Wildman–Crippen MR) is 76.0 cm³/mol. The van der Waals surface area contributed by atoms with Crippen LogP contribution in [0.2, 0.25) is 0 Å². The number of nitrogens with zero attached hydrogens (tertiary/aromatic N) is 4. The molecule has 7 heteroatoms. The van der Waals surface area contributed by atoms with Gasteiger partial charge in [-0.15, -0.1) is 0 Å². The van der Waals surface area contributed by atoms with Crippen molar-refractivity contribution in [3.8, 4) is 0 Å². The van der Waals surface area contributed by atoms with Gasteiger partial charge in [-0.3, -0.25) is 9.89 Å². The molecule has 1 fully saturated rings. The summed E-state index contributed by atoms with van der Waals surface area (Å²) >= 11 is 1.39. The molecule has 2 aromatic heterocycles. The van der Waals surface area contributed by atoms with Crippen LogP contribution in [0, 0.1) is 20.8 Å². The van der Waals surface area contributed by atoms with Crippen molar-refractivity contribution in [2.24, 2.45) is 0 Å². The monoisotopic (exact) mass is 291 g/mol. The van der Waals surface area contributed by atoms with E-state index in [0.29, 0.717) is 6.54 Å². The van der Waals surface area contributed by atoms with Crippen LogP contribution in [0.15, 0.2) is 0 Å². The molecule has 2 aromatic rings. The van der Waals surface area contributed by atoms with Crippen molar-refractivity contribution in [3.63, 3.8) is 0 Å². The number of aryl methyl sites for hydroxylation is 3. The zero-order valence-corrected chi connectivity index (χ0v) is 12.6. The molecule has 1 N–H and O–H groups in total. The van der Waals surface area contributed by atoms with E-state index < -0.39 is 0 Å². The fourth-order valence-corrected chi connectivity index (χ4v) is 3.34. The van der Waals surface area contributed by atoms with E-state index in [2.05, 4.69) is 19.6 Å². The van der Waals surface area contributed by atoms with Crippen LogP contribution >= 0.6 is 11.5 Å². The zero-order valence-electron chi connectivity index (χ0n) is 11.8. The average molecular weight is 291 g/mol. The van der Waals surface area contributed by atoms with E-state index in [4.69, 9.17) is 0 Å². The Bertz CT molecular complexity index is 627. The van der Waals surface area contributed by atoms with Gasteiger partial charge < -0.3 is 4.90 Å². The van der Waals surface area contributed by atoms with Crippen LogP contribution in [-0.4, -0.2) is 43.5 Å². The third-order valence-electron chi connectivity index (χ3n) is 3.70. The van der Waals surface area contributed by atoms with Gasteiger partial charge in [0.1, 0.15) is 5.82 Å². The molecule has 20 heavy (non-hydrogen) atoms. The second-order valence-electron chi connectivity index (χ2n) is 5.21. The van der Waals surface area contributed by atoms with Gasteiger partial charge in [0.25, 0.3) is 5.91 Å². The van der Waals surface area contributed by atoms with Gasteiger partial charge in [-0.2, -0.15) is 9.47 Å². The Morgan fingerprint density at radius 1 is 1.40 bits per heavy atom. The molecule has 1 atom stereocenters. The van der Waals surface area contributed by atoms with E-state index >= 15 is 0 Å². The van der Waals surface area contributed by atoms with Crippen LogP contribution in [-0.2, 0) is 0 Å². The minimum atomic E-state index is 0.0866. The van der Waals surface area contributed by atoms with Gasteiger partial charge >= 0.3 is 0 Å². The number of carbonyl (C=O) groups excluding carboxylic acids is 1. The van der Waals surface area contributed by atoms with Crippen LogP contribution in [0.25, 0.3) is 0 Å². The summed E-state index contributed by atoms with van der Waals surface area (Å²) in [4.78, 5) is 19.8. The summed E-state index contributed by atoms with van der Waals surface area (Å²) in [7, 11) is 0. The van der Waals surface area contributed by atoms with Crippen molar-refractivity contribution < 1.29 is 4.79 Å². The van der Waals surface area contributed by atoms with Crippen LogP contribution in [0.3, 0.4) is 0 Å². The molecule has 1 aliphatic heterocycles. The second-order valence-corrected chi connectivity index (χ2v) is 6.19. The Morgan fingerprint density at radius 3 is 2.80 bits per heavy atom. The van der Waals surface area contributed by atoms with E-state index in [1.165, 1.54) is 11.5 Å². The Morgan fingerprint density at radius 2 is 2.20 bits per heavy atom. The zero-order chi connectivity index (χ0) is 14.3. The lowest BCUT2D eigenvalue weighted by atomic mass is 10.1. The molecular weight excluding hydrogens is 274 g/mol. The van der Waals surface area contributed by atoms with Gasteiger partial charge in [-0.25, -0.2) is 4.98 Å². The highest BCUT2D eigenvalue weighted by atomic mass is 32.1. The molecule has 0 spiro atoms. The summed E-state index contributed by atoms with van der Waals surface area (Å²) in [5, 5.41) is 7.07. The molecule has 106 valence electrons. The summed E-state index contributed by atoms with van der Waals surface area (Å²) < 4.78 is 4.25. The SMILES string of the molecule is Cc1nc(C2CCN(C(=O)c3c(C)nsc3C)C2)n[nH]1. The first-order valence-corrected chi connectivity index (χ1v) is 7.44. The maximum absolute atomic E-state index is 12.6. The summed E-state index contributed by atoms with van der Waals surface area (Å²) in [6.45, 7) is 7.17. The fraction of sp³-hybridized carbons (Fsp3) is 0.538. The van der Waals surface area contributed by atoms with Crippen LogP contribution < -0.4 is 0 Å². The normalized spacial score (nSPS) is 18.8. The van der Waals surface area contributed by atoms with E-state index in [1.807, 2.05) is 25.7 Å². The van der Waals surface area contributed by atoms with Gasteiger partial charge in [0.2, 0.25) is 0 Å². The number of rotatable bonds is 2. The van der Waals surface area contributed by atoms with Crippen LogP contribution in [0.4, 0.5) is 0 Å². The minimum absolute atomic E-state index is 0.0866. The lowest BCUT2D eigenvalue weighted by Gasteiger charge is -2.16. The van der Waals surface area contributed by atoms with Crippen molar-refractivity contribution in [3.05, 3.63) is 27.8 Å². The summed E-state index contributed by atoms with van der Waals surface area (Å²) in [5.74, 6) is 1.95. The number of aromatic amines is 1. The number of hydrogen-bond acceptors (Lipinski definition) is 5. The molecule has 0 radical (unpaired) electrons. The molecule has 6 nitrogen and oxygen atoms in total. The Kier molecular flexibility index (Phi) is 3.29. The molecule has 3 rings (SSSR count). The van der Waals surface area contributed by atoms with Gasteiger partial charge in [-0.1, -0.05) is 0 Å². The van der Waals surface area contributed by atoms with Crippen molar-refractivity contribution in [2.45, 2.75) is 33.1 Å². The van der Waals surface area contributed by atoms with E-state index in [-0.39, 0.29) is 11.8 Å². The van der Waals surface area contributed by atoms with E-state index in [9.17, 15) is 4.79 Å². The highest BCUT2D eigenvalue weighted by molar-refractivity contribution is 7.06. The molecule has 0 bridgehead atoms. The first kappa shape index (κ1) is 13.2. The molecule has 1 saturated heterocycles. The van der Waals surface area contributed by atoms with Crippen molar-refractivity contribution in [2.75, 3.05) is 13.1 Å². The van der Waals surface area contributed by atoms with Crippen molar-refractivity contribution in [1.82, 2.24) is 24.5 Å². The molecule has 0 aromatic carbocycles. The lowest BCUT2D eigenvalue weighted by Crippen LogP contribution is -2.29. The van der Waals surface area contributed by atoms with Crippen molar-refractivity contribution in [1.29, 1.82) is 0 Å². The number of hydrogen-bond donors (Lipinski definition) is 1. The Labute approximate surface area is 121 Å². The summed E-state index contributed by atoms with van der Waals surface area (Å²) in [6, 6.07) is 0. The predicted octanol–water partition coefficient (Wildman–Crippen LogP) is 1.82.